The average molecular weight is 1090 g/mol. The smallest absolute Gasteiger partial charge is 0.243 e. The van der Waals surface area contributed by atoms with Crippen LogP contribution in [0.5, 0.6) is 0 Å². The average Bonchev–Trinajstić information content (AvgIpc) is 4.13. The molecule has 422 valence electrons. The Morgan fingerprint density at radius 2 is 1.41 bits per heavy atom. The first-order valence-electron chi connectivity index (χ1n) is 26.7. The Kier molecular flexibility index (Phi) is 22.3. The topological polar surface area (TPSA) is 385 Å². The minimum absolute atomic E-state index is 0.0131. The fraction of sp³-hybridized carbons (Fsp3) is 0.436. The van der Waals surface area contributed by atoms with Crippen LogP contribution in [0, 0.1) is 0 Å². The van der Waals surface area contributed by atoms with E-state index in [4.69, 9.17) is 17.2 Å². The lowest BCUT2D eigenvalue weighted by molar-refractivity contribution is -0.136. The summed E-state index contributed by atoms with van der Waals surface area (Å²) < 4.78 is 0. The van der Waals surface area contributed by atoms with E-state index in [2.05, 4.69) is 62.5 Å². The number of para-hydroxylation sites is 1. The summed E-state index contributed by atoms with van der Waals surface area (Å²) >= 11 is 0. The van der Waals surface area contributed by atoms with Gasteiger partial charge in [-0.05, 0) is 72.9 Å². The van der Waals surface area contributed by atoms with Gasteiger partial charge in [-0.25, -0.2) is 4.98 Å². The quantitative estimate of drug-likeness (QED) is 0.0320. The van der Waals surface area contributed by atoms with Crippen molar-refractivity contribution < 1.29 is 43.2 Å². The Hall–Kier alpha value is -8.83. The SMILES string of the molecule is CCCC[C@H](NC(C)=O)C(=O)N[C@H]1CC(=O)NCCCC[C@@H](C(N)=O)NC(=O)[C@H](Cc2c[nH]c3ccccc23)NC(=O)[C@H](CCCCN=C(N)N)NC(=O)[C@@H](Cc2ccc3ccccc3c2)NC(=O)[C@H](Cc2cnc[nH]2)NC1=O. The van der Waals surface area contributed by atoms with E-state index >= 15 is 4.79 Å². The van der Waals surface area contributed by atoms with Crippen LogP contribution in [0.1, 0.15) is 94.9 Å². The number of hydrogen-bond donors (Lipinski definition) is 13. The van der Waals surface area contributed by atoms with Crippen molar-refractivity contribution in [1.29, 1.82) is 0 Å². The molecule has 7 atom stereocenters. The molecule has 1 aliphatic rings. The summed E-state index contributed by atoms with van der Waals surface area (Å²) in [5.74, 6) is -6.97. The van der Waals surface area contributed by atoms with Crippen molar-refractivity contribution in [2.45, 2.75) is 140 Å². The summed E-state index contributed by atoms with van der Waals surface area (Å²) in [6.07, 6.45) is 6.31. The first kappa shape index (κ1) is 59.4. The van der Waals surface area contributed by atoms with Crippen LogP contribution in [0.4, 0.5) is 0 Å². The number of nitrogens with two attached hydrogens (primary N) is 3. The molecule has 79 heavy (non-hydrogen) atoms. The maximum Gasteiger partial charge on any atom is 0.243 e. The lowest BCUT2D eigenvalue weighted by Gasteiger charge is -2.28. The first-order chi connectivity index (χ1) is 38.0. The number of imidazole rings is 1. The molecule has 1 saturated heterocycles. The van der Waals surface area contributed by atoms with Crippen LogP contribution in [0.15, 0.2) is 90.4 Å². The number of rotatable bonds is 18. The Morgan fingerprint density at radius 3 is 2.11 bits per heavy atom. The number of nitrogens with one attached hydrogen (secondary N) is 10. The van der Waals surface area contributed by atoms with Crippen LogP contribution in [0.2, 0.25) is 0 Å². The van der Waals surface area contributed by atoms with Gasteiger partial charge in [0.2, 0.25) is 53.2 Å². The number of H-pyrrole nitrogens is 2. The molecule has 0 aliphatic carbocycles. The molecular formula is C55H73N15O9. The number of carbonyl (C=O) groups excluding carboxylic acids is 9. The third-order valence-electron chi connectivity index (χ3n) is 13.5. The fourth-order valence-electron chi connectivity index (χ4n) is 9.31. The number of unbranched alkanes of at least 4 members (excludes halogenated alkanes) is 2. The molecular weight excluding hydrogens is 1010 g/mol. The summed E-state index contributed by atoms with van der Waals surface area (Å²) in [5.41, 5.74) is 19.5. The van der Waals surface area contributed by atoms with Crippen LogP contribution in [0.25, 0.3) is 21.7 Å². The van der Waals surface area contributed by atoms with E-state index in [1.54, 1.807) is 12.3 Å². The van der Waals surface area contributed by atoms with Gasteiger partial charge in [0.05, 0.1) is 12.7 Å². The van der Waals surface area contributed by atoms with Crippen LogP contribution >= 0.6 is 0 Å². The molecule has 3 aromatic carbocycles. The molecule has 0 saturated carbocycles. The fourth-order valence-corrected chi connectivity index (χ4v) is 9.31. The number of aliphatic imine (C=N–C) groups is 1. The molecule has 0 bridgehead atoms. The lowest BCUT2D eigenvalue weighted by atomic mass is 9.99. The van der Waals surface area contributed by atoms with E-state index in [-0.39, 0.29) is 70.4 Å². The second kappa shape index (κ2) is 29.6. The van der Waals surface area contributed by atoms with Crippen LogP contribution in [0.3, 0.4) is 0 Å². The van der Waals surface area contributed by atoms with Gasteiger partial charge in [-0.15, -0.1) is 0 Å². The minimum Gasteiger partial charge on any atom is -0.370 e. The predicted molar refractivity (Wildman–Crippen MR) is 296 cm³/mol. The Balaban J connectivity index is 1.40. The minimum atomic E-state index is -1.58. The number of amides is 9. The molecule has 0 spiro atoms. The van der Waals surface area contributed by atoms with Gasteiger partial charge in [0, 0.05) is 68.3 Å². The van der Waals surface area contributed by atoms with Gasteiger partial charge in [0.15, 0.2) is 5.96 Å². The molecule has 3 heterocycles. The molecule has 24 heteroatoms. The molecule has 2 aromatic heterocycles. The number of benzene rings is 3. The molecule has 9 amide bonds. The van der Waals surface area contributed by atoms with Gasteiger partial charge < -0.3 is 69.7 Å². The van der Waals surface area contributed by atoms with E-state index < -0.39 is 102 Å². The van der Waals surface area contributed by atoms with Gasteiger partial charge in [-0.1, -0.05) is 80.4 Å². The van der Waals surface area contributed by atoms with Crippen molar-refractivity contribution in [3.8, 4) is 0 Å². The Bertz CT molecular complexity index is 2960. The summed E-state index contributed by atoms with van der Waals surface area (Å²) in [6, 6.07) is 11.1. The summed E-state index contributed by atoms with van der Waals surface area (Å²) in [4.78, 5) is 141. The number of primary amides is 1. The molecule has 0 radical (unpaired) electrons. The van der Waals surface area contributed by atoms with Crippen LogP contribution in [-0.2, 0) is 62.4 Å². The lowest BCUT2D eigenvalue weighted by Crippen LogP contribution is -2.61. The summed E-state index contributed by atoms with van der Waals surface area (Å²) in [6.45, 7) is 3.40. The molecule has 0 unspecified atom stereocenters. The van der Waals surface area contributed by atoms with E-state index in [1.165, 1.54) is 19.4 Å². The highest BCUT2D eigenvalue weighted by Gasteiger charge is 2.35. The highest BCUT2D eigenvalue weighted by molar-refractivity contribution is 5.99. The molecule has 1 fully saturated rings. The molecule has 24 nitrogen and oxygen atoms in total. The number of hydrogen-bond acceptors (Lipinski definition) is 11. The van der Waals surface area contributed by atoms with Crippen molar-refractivity contribution in [3.63, 3.8) is 0 Å². The van der Waals surface area contributed by atoms with Gasteiger partial charge >= 0.3 is 0 Å². The van der Waals surface area contributed by atoms with Crippen molar-refractivity contribution in [2.75, 3.05) is 13.1 Å². The summed E-state index contributed by atoms with van der Waals surface area (Å²) in [7, 11) is 0. The monoisotopic (exact) mass is 1090 g/mol. The Morgan fingerprint density at radius 1 is 0.734 bits per heavy atom. The molecule has 16 N–H and O–H groups in total. The normalized spacial score (nSPS) is 20.8. The second-order valence-electron chi connectivity index (χ2n) is 19.7. The molecule has 1 aliphatic heterocycles. The van der Waals surface area contributed by atoms with E-state index in [9.17, 15) is 38.4 Å². The number of aromatic amines is 2. The standard InChI is InChI=1S/C55H73N15O9/c1-3-4-16-41(64-32(2)71)49(74)70-46-28-47(72)60-22-11-9-18-40(48(56)73)65-52(77)44(26-36-29-62-39-17-8-7-15-38(36)39)68-50(75)42(19-10-12-23-61-55(57)58)66-51(76)43(25-33-20-21-34-13-5-6-14-35(34)24-33)67-53(78)45(69-54(46)79)27-37-30-59-31-63-37/h5-8,13-15,17,20-21,24,29-31,40-46,62H,3-4,9-12,16,18-19,22-23,25-28H2,1-2H3,(H2,56,73)(H,59,63)(H,60,72)(H,64,71)(H,65,77)(H,66,76)(H,67,78)(H,68,75)(H,69,79)(H,70,74)(H4,57,58,61)/t40-,41-,42-,43+,44-,45-,46-/m0/s1. The van der Waals surface area contributed by atoms with Crippen molar-refractivity contribution in [2.24, 2.45) is 22.2 Å². The number of fused-ring (bicyclic) bond motifs is 2. The Labute approximate surface area is 457 Å². The first-order valence-corrected chi connectivity index (χ1v) is 26.7. The number of nitrogens with zero attached hydrogens (tertiary/aromatic N) is 2. The van der Waals surface area contributed by atoms with Crippen LogP contribution in [-0.4, -0.2) is 129 Å². The zero-order chi connectivity index (χ0) is 56.8. The summed E-state index contributed by atoms with van der Waals surface area (Å²) in [5, 5.41) is 24.4. The largest absolute Gasteiger partial charge is 0.370 e. The maximum absolute atomic E-state index is 15.0. The van der Waals surface area contributed by atoms with Gasteiger partial charge in [-0.2, -0.15) is 0 Å². The van der Waals surface area contributed by atoms with Gasteiger partial charge in [0.25, 0.3) is 0 Å². The number of aromatic nitrogens is 3. The van der Waals surface area contributed by atoms with Gasteiger partial charge in [0.1, 0.15) is 42.3 Å². The number of carbonyl (C=O) groups is 9. The highest BCUT2D eigenvalue weighted by Crippen LogP contribution is 2.21. The molecule has 6 rings (SSSR count). The van der Waals surface area contributed by atoms with Crippen molar-refractivity contribution in [1.82, 2.24) is 57.5 Å². The third kappa shape index (κ3) is 18.4. The van der Waals surface area contributed by atoms with Crippen molar-refractivity contribution >= 4 is 80.8 Å². The zero-order valence-corrected chi connectivity index (χ0v) is 44.5. The third-order valence-corrected chi connectivity index (χ3v) is 13.5. The predicted octanol–water partition coefficient (Wildman–Crippen LogP) is 0.295. The number of guanidine groups is 1. The van der Waals surface area contributed by atoms with E-state index in [1.807, 2.05) is 67.6 Å². The highest BCUT2D eigenvalue weighted by atomic mass is 16.2. The van der Waals surface area contributed by atoms with Crippen molar-refractivity contribution in [3.05, 3.63) is 102 Å². The molecule has 5 aromatic rings. The van der Waals surface area contributed by atoms with Gasteiger partial charge in [-0.3, -0.25) is 48.1 Å². The zero-order valence-electron chi connectivity index (χ0n) is 44.5. The van der Waals surface area contributed by atoms with Crippen LogP contribution < -0.4 is 59.7 Å². The van der Waals surface area contributed by atoms with E-state index in [0.717, 1.165) is 21.7 Å². The second-order valence-corrected chi connectivity index (χ2v) is 19.7. The van der Waals surface area contributed by atoms with E-state index in [0.29, 0.717) is 42.5 Å². The maximum atomic E-state index is 15.0.